The number of aromatic nitrogens is 2. The normalized spacial score (nSPS) is 14.2. The van der Waals surface area contributed by atoms with E-state index >= 15 is 0 Å². The summed E-state index contributed by atoms with van der Waals surface area (Å²) < 4.78 is 32.9. The summed E-state index contributed by atoms with van der Waals surface area (Å²) in [6.45, 7) is 13.9. The molecule has 11 aromatic carbocycles. The molecule has 2 aromatic heterocycles. The van der Waals surface area contributed by atoms with E-state index in [9.17, 15) is 0 Å². The number of rotatable bonds is 8. The van der Waals surface area contributed by atoms with E-state index in [1.165, 1.54) is 61.2 Å². The van der Waals surface area contributed by atoms with Gasteiger partial charge in [0, 0.05) is 82.1 Å². The maximum atomic E-state index is 7.98. The monoisotopic (exact) mass is 1320 g/mol. The molecule has 5 nitrogen and oxygen atoms in total. The molecule has 3 aliphatic rings. The van der Waals surface area contributed by atoms with Gasteiger partial charge in [0.1, 0.15) is 5.82 Å². The van der Waals surface area contributed by atoms with E-state index in [-0.39, 0.29) is 31.9 Å². The van der Waals surface area contributed by atoms with Crippen LogP contribution in [0.5, 0.6) is 11.5 Å². The Kier molecular flexibility index (Phi) is 12.2. The third-order valence-electron chi connectivity index (χ3n) is 18.2. The largest absolute Gasteiger partial charge is 0.509 e. The topological polar surface area (TPSA) is 33.5 Å². The molecule has 430 valence electrons. The van der Waals surface area contributed by atoms with Gasteiger partial charge in [-0.2, -0.15) is 12.1 Å². The van der Waals surface area contributed by atoms with Crippen LogP contribution in [0.2, 0.25) is 0 Å². The van der Waals surface area contributed by atoms with E-state index in [0.717, 1.165) is 72.4 Å². The zero-order chi connectivity index (χ0) is 61.4. The number of ether oxygens (including phenoxy) is 1. The van der Waals surface area contributed by atoms with Crippen molar-refractivity contribution < 1.29 is 29.9 Å². The minimum atomic E-state index is -2.21. The molecule has 0 atom stereocenters. The van der Waals surface area contributed by atoms with Crippen LogP contribution >= 0.6 is 0 Å². The average molecular weight is 1320 g/mol. The SMILES string of the molecule is [2H]C([2H])([2H])c1cccc(-c2ccc(-n3c4[c-]c(Oc5[c-]c(N6[CH-]N(c7c(-c8cc(C(C)(C)C)cc(C(C)(C)C)c8)cccc7-c7ccc8c(c7)-c7ccccc7C87c8ccccc8-c8ccccc87)c7ccccc76)ccc5)ccc4c4ccccc43)nc2)c1.[Pt]. The summed E-state index contributed by atoms with van der Waals surface area (Å²) in [6, 6.07) is 93.8. The molecule has 0 saturated carbocycles. The van der Waals surface area contributed by atoms with E-state index < -0.39 is 12.3 Å². The number of hydrogen-bond donors (Lipinski definition) is 0. The first-order valence-electron chi connectivity index (χ1n) is 31.5. The maximum absolute atomic E-state index is 7.98. The van der Waals surface area contributed by atoms with Crippen molar-refractivity contribution in [3.63, 3.8) is 0 Å². The first-order valence-corrected chi connectivity index (χ1v) is 30.0. The molecule has 0 N–H and O–H groups in total. The van der Waals surface area contributed by atoms with Gasteiger partial charge in [0.05, 0.1) is 5.41 Å². The summed E-state index contributed by atoms with van der Waals surface area (Å²) in [6.07, 6.45) is 1.80. The van der Waals surface area contributed by atoms with Crippen molar-refractivity contribution in [1.29, 1.82) is 0 Å². The predicted octanol–water partition coefficient (Wildman–Crippen LogP) is 21.2. The standard InChI is InChI=1S/C82H63N4O.Pt/c1-52-21-18-22-53(43-52)55-38-42-78(83-50-55)86-74-34-15-11-28-67(74)68-40-39-61(49-77(68)86)87-60-24-19-23-59(48-60)84-51-85(76-36-17-16-35-75(76)84)79-62(29-20-30-63(79)56-44-57(80(2,3)4)47-58(45-56)81(5,6)7)54-37-41-73-69(46-54)66-27-10-14-33-72(66)82(73)70-31-12-8-25-64(70)65-26-9-13-32-71(65)82;/h8-47,50-51H,1-7H3;/q-3;/i1D3;. The Hall–Kier alpha value is -9.54. The quantitative estimate of drug-likeness (QED) is 0.142. The van der Waals surface area contributed by atoms with Crippen LogP contribution in [-0.2, 0) is 37.3 Å². The Morgan fingerprint density at radius 2 is 1.03 bits per heavy atom. The molecule has 3 heterocycles. The van der Waals surface area contributed by atoms with Crippen molar-refractivity contribution in [2.24, 2.45) is 0 Å². The Labute approximate surface area is 534 Å². The van der Waals surface area contributed by atoms with Gasteiger partial charge in [-0.3, -0.25) is 0 Å². The summed E-state index contributed by atoms with van der Waals surface area (Å²) in [5.41, 5.74) is 24.5. The van der Waals surface area contributed by atoms with Gasteiger partial charge in [0.25, 0.3) is 0 Å². The van der Waals surface area contributed by atoms with E-state index in [0.29, 0.717) is 22.9 Å². The smallest absolute Gasteiger partial charge is 0.135 e. The summed E-state index contributed by atoms with van der Waals surface area (Å²) in [5.74, 6) is 1.76. The summed E-state index contributed by atoms with van der Waals surface area (Å²) >= 11 is 0. The van der Waals surface area contributed by atoms with Crippen molar-refractivity contribution in [1.82, 2.24) is 9.55 Å². The van der Waals surface area contributed by atoms with Gasteiger partial charge in [0.15, 0.2) is 0 Å². The number of hydrogen-bond acceptors (Lipinski definition) is 4. The van der Waals surface area contributed by atoms with Gasteiger partial charge in [-0.05, 0) is 132 Å². The van der Waals surface area contributed by atoms with Crippen molar-refractivity contribution in [3.8, 4) is 73.0 Å². The first kappa shape index (κ1) is 51.7. The van der Waals surface area contributed by atoms with Crippen LogP contribution < -0.4 is 14.5 Å². The minimum Gasteiger partial charge on any atom is -0.509 e. The second-order valence-electron chi connectivity index (χ2n) is 25.4. The van der Waals surface area contributed by atoms with Crippen LogP contribution in [0.3, 0.4) is 0 Å². The molecule has 0 fully saturated rings. The van der Waals surface area contributed by atoms with E-state index in [4.69, 9.17) is 13.8 Å². The van der Waals surface area contributed by atoms with Crippen molar-refractivity contribution >= 4 is 44.6 Å². The van der Waals surface area contributed by atoms with Gasteiger partial charge in [-0.25, -0.2) is 4.98 Å². The van der Waals surface area contributed by atoms with Crippen molar-refractivity contribution in [2.75, 3.05) is 9.80 Å². The second kappa shape index (κ2) is 20.8. The fraction of sp³-hybridized carbons (Fsp3) is 0.122. The Morgan fingerprint density at radius 1 is 0.455 bits per heavy atom. The molecule has 0 radical (unpaired) electrons. The zero-order valence-electron chi connectivity index (χ0n) is 52.8. The molecule has 88 heavy (non-hydrogen) atoms. The number of pyridine rings is 1. The van der Waals surface area contributed by atoms with Crippen LogP contribution in [0.15, 0.2) is 249 Å². The Bertz CT molecular complexity index is 4990. The van der Waals surface area contributed by atoms with Gasteiger partial charge in [-0.15, -0.1) is 48.1 Å². The molecule has 0 saturated heterocycles. The fourth-order valence-corrected chi connectivity index (χ4v) is 14.0. The van der Waals surface area contributed by atoms with E-state index in [1.807, 2.05) is 48.5 Å². The maximum Gasteiger partial charge on any atom is 0.135 e. The summed E-state index contributed by atoms with van der Waals surface area (Å²) in [4.78, 5) is 9.59. The number of para-hydroxylation sites is 4. The third kappa shape index (κ3) is 8.72. The van der Waals surface area contributed by atoms with Gasteiger partial charge < -0.3 is 19.1 Å². The minimum absolute atomic E-state index is 0. The number of benzene rings is 11. The molecule has 2 aliphatic carbocycles. The molecular formula is C82H63N4OPt-3. The predicted molar refractivity (Wildman–Crippen MR) is 359 cm³/mol. The number of anilines is 4. The van der Waals surface area contributed by atoms with Crippen LogP contribution in [0.25, 0.3) is 83.3 Å². The first-order chi connectivity index (χ1) is 43.5. The number of fused-ring (bicyclic) bond motifs is 14. The van der Waals surface area contributed by atoms with E-state index in [2.05, 4.69) is 251 Å². The number of nitrogens with zero attached hydrogens (tertiary/aromatic N) is 4. The van der Waals surface area contributed by atoms with Crippen LogP contribution in [0.1, 0.15) is 84.6 Å². The molecular weight excluding hydrogens is 1250 g/mol. The van der Waals surface area contributed by atoms with Crippen molar-refractivity contribution in [3.05, 3.63) is 307 Å². The fourth-order valence-electron chi connectivity index (χ4n) is 14.0. The van der Waals surface area contributed by atoms with Gasteiger partial charge in [0.2, 0.25) is 0 Å². The average Bonchev–Trinajstić information content (AvgIpc) is 1.52. The molecule has 0 unspecified atom stereocenters. The molecule has 1 aliphatic heterocycles. The Balaban J connectivity index is 0.00000689. The molecule has 1 spiro atoms. The van der Waals surface area contributed by atoms with Crippen LogP contribution in [-0.4, -0.2) is 9.55 Å². The van der Waals surface area contributed by atoms with Crippen LogP contribution in [0.4, 0.5) is 22.7 Å². The molecule has 13 aromatic rings. The third-order valence-corrected chi connectivity index (χ3v) is 18.2. The van der Waals surface area contributed by atoms with Crippen molar-refractivity contribution in [2.45, 2.75) is 64.6 Å². The number of aryl methyl sites for hydroxylation is 1. The van der Waals surface area contributed by atoms with Crippen LogP contribution in [0, 0.1) is 25.7 Å². The summed E-state index contributed by atoms with van der Waals surface area (Å²) in [5, 5.41) is 2.07. The van der Waals surface area contributed by atoms with Gasteiger partial charge in [-0.1, -0.05) is 229 Å². The summed E-state index contributed by atoms with van der Waals surface area (Å²) in [7, 11) is 0. The zero-order valence-corrected chi connectivity index (χ0v) is 52.0. The molecule has 0 bridgehead atoms. The Morgan fingerprint density at radius 3 is 1.72 bits per heavy atom. The molecule has 16 rings (SSSR count). The van der Waals surface area contributed by atoms with Gasteiger partial charge >= 0.3 is 0 Å². The molecule has 6 heteroatoms. The second-order valence-corrected chi connectivity index (χ2v) is 25.4. The molecule has 0 amide bonds. The van der Waals surface area contributed by atoms with E-state index in [1.54, 1.807) is 24.4 Å².